The Morgan fingerprint density at radius 1 is 1.06 bits per heavy atom. The van der Waals surface area contributed by atoms with Crippen LogP contribution in [0, 0.1) is 13.8 Å². The van der Waals surface area contributed by atoms with Crippen LogP contribution in [-0.4, -0.2) is 31.5 Å². The number of nitrogens with zero attached hydrogens (tertiary/aromatic N) is 3. The van der Waals surface area contributed by atoms with Gasteiger partial charge in [0.15, 0.2) is 5.69 Å². The highest BCUT2D eigenvalue weighted by molar-refractivity contribution is 6.99. The minimum Gasteiger partial charge on any atom is -0.351 e. The van der Waals surface area contributed by atoms with Crippen LogP contribution in [0.3, 0.4) is 0 Å². The van der Waals surface area contributed by atoms with E-state index in [0.717, 1.165) is 59.7 Å². The van der Waals surface area contributed by atoms with Crippen molar-refractivity contribution in [2.45, 2.75) is 64.6 Å². The van der Waals surface area contributed by atoms with Crippen molar-refractivity contribution in [3.8, 4) is 0 Å². The Morgan fingerprint density at radius 2 is 1.82 bits per heavy atom. The van der Waals surface area contributed by atoms with Crippen LogP contribution in [0.5, 0.6) is 0 Å². The Hall–Kier alpha value is -3.06. The molecule has 1 aliphatic rings. The predicted octanol–water partition coefficient (Wildman–Crippen LogP) is 4.99. The number of hydrogen-bond donors (Lipinski definition) is 1. The van der Waals surface area contributed by atoms with Crippen molar-refractivity contribution < 1.29 is 9.59 Å². The quantitative estimate of drug-likeness (QED) is 0.537. The molecule has 0 bridgehead atoms. The lowest BCUT2D eigenvalue weighted by atomic mass is 9.94. The minimum absolute atomic E-state index is 0.144. The topological polar surface area (TPSA) is 75.2 Å². The Morgan fingerprint density at radius 3 is 2.52 bits per heavy atom. The molecule has 1 atom stereocenters. The highest BCUT2D eigenvalue weighted by Gasteiger charge is 2.34. The average molecular weight is 463 g/mol. The van der Waals surface area contributed by atoms with Crippen LogP contribution in [0.1, 0.15) is 70.9 Å². The van der Waals surface area contributed by atoms with Crippen molar-refractivity contribution in [1.29, 1.82) is 0 Å². The van der Waals surface area contributed by atoms with Crippen LogP contribution in [0.15, 0.2) is 54.7 Å². The molecule has 1 heterocycles. The van der Waals surface area contributed by atoms with Gasteiger partial charge in [-0.1, -0.05) is 67.8 Å². The number of aromatic nitrogens is 2. The summed E-state index contributed by atoms with van der Waals surface area (Å²) >= 11 is 0.994. The van der Waals surface area contributed by atoms with Gasteiger partial charge in [-0.15, -0.1) is 0 Å². The summed E-state index contributed by atoms with van der Waals surface area (Å²) in [5, 5.41) is 3.24. The second-order valence-corrected chi connectivity index (χ2v) is 9.30. The summed E-state index contributed by atoms with van der Waals surface area (Å²) in [6, 6.07) is 15.0. The maximum Gasteiger partial charge on any atom is 0.276 e. The molecule has 0 saturated heterocycles. The number of aryl methyl sites for hydroxylation is 1. The van der Waals surface area contributed by atoms with Gasteiger partial charge in [0.05, 0.1) is 17.9 Å². The van der Waals surface area contributed by atoms with Gasteiger partial charge >= 0.3 is 0 Å². The summed E-state index contributed by atoms with van der Waals surface area (Å²) in [6.07, 6.45) is 6.89. The van der Waals surface area contributed by atoms with Gasteiger partial charge in [-0.25, -0.2) is 0 Å². The zero-order valence-electron chi connectivity index (χ0n) is 19.2. The number of carbonyl (C=O) groups excluding carboxylic acids is 2. The predicted molar refractivity (Wildman–Crippen MR) is 130 cm³/mol. The molecular weight excluding hydrogens is 432 g/mol. The lowest BCUT2D eigenvalue weighted by Gasteiger charge is -2.33. The lowest BCUT2D eigenvalue weighted by Crippen LogP contribution is -2.47. The summed E-state index contributed by atoms with van der Waals surface area (Å²) in [5.74, 6) is -0.438. The molecule has 3 aromatic rings. The van der Waals surface area contributed by atoms with Gasteiger partial charge in [0.2, 0.25) is 5.91 Å². The first-order valence-electron chi connectivity index (χ1n) is 11.5. The molecule has 172 valence electrons. The molecule has 1 saturated carbocycles. The number of hydrogen-bond acceptors (Lipinski definition) is 5. The molecule has 7 heteroatoms. The van der Waals surface area contributed by atoms with Crippen LogP contribution >= 0.6 is 11.7 Å². The van der Waals surface area contributed by atoms with Crippen molar-refractivity contribution in [3.63, 3.8) is 0 Å². The van der Waals surface area contributed by atoms with Gasteiger partial charge < -0.3 is 10.2 Å². The number of carbonyl (C=O) groups is 2. The molecule has 33 heavy (non-hydrogen) atoms. The van der Waals surface area contributed by atoms with Gasteiger partial charge in [0.1, 0.15) is 6.04 Å². The molecule has 1 N–H and O–H groups in total. The van der Waals surface area contributed by atoms with E-state index in [1.165, 1.54) is 12.6 Å². The average Bonchev–Trinajstić information content (AvgIpc) is 3.37. The summed E-state index contributed by atoms with van der Waals surface area (Å²) in [4.78, 5) is 29.0. The molecule has 0 unspecified atom stereocenters. The molecule has 2 amide bonds. The normalized spacial score (nSPS) is 15.1. The van der Waals surface area contributed by atoms with E-state index in [2.05, 4.69) is 34.0 Å². The standard InChI is InChI=1S/C26H30N4O2S/c1-18-10-9-13-21(19(18)2)17-30(26(32)23-16-27-33-29-23)24(20-11-5-3-6-12-20)25(31)28-22-14-7-4-8-15-22/h3,5-6,9-13,16,22,24H,4,7-8,14-15,17H2,1-2H3,(H,28,31)/t24-/m1/s1. The molecule has 2 aromatic carbocycles. The number of nitrogens with one attached hydrogen (secondary N) is 1. The second kappa shape index (κ2) is 10.7. The maximum absolute atomic E-state index is 13.7. The minimum atomic E-state index is -0.762. The van der Waals surface area contributed by atoms with E-state index < -0.39 is 6.04 Å². The van der Waals surface area contributed by atoms with Crippen molar-refractivity contribution in [1.82, 2.24) is 19.0 Å². The summed E-state index contributed by atoms with van der Waals surface area (Å²) < 4.78 is 8.19. The molecular formula is C26H30N4O2S. The van der Waals surface area contributed by atoms with E-state index in [0.29, 0.717) is 6.54 Å². The SMILES string of the molecule is Cc1cccc(CN(C(=O)c2cnsn2)[C@@H](C(=O)NC2CCCCC2)c2ccccc2)c1C. The third kappa shape index (κ3) is 5.47. The molecule has 0 spiro atoms. The second-order valence-electron chi connectivity index (χ2n) is 8.74. The fourth-order valence-electron chi connectivity index (χ4n) is 4.49. The third-order valence-corrected chi connectivity index (χ3v) is 7.00. The van der Waals surface area contributed by atoms with Crippen LogP contribution in [0.25, 0.3) is 0 Å². The Balaban J connectivity index is 1.73. The van der Waals surface area contributed by atoms with E-state index in [1.54, 1.807) is 4.90 Å². The highest BCUT2D eigenvalue weighted by atomic mass is 32.1. The van der Waals surface area contributed by atoms with Crippen molar-refractivity contribution in [2.75, 3.05) is 0 Å². The molecule has 1 fully saturated rings. The van der Waals surface area contributed by atoms with Gasteiger partial charge in [0.25, 0.3) is 5.91 Å². The number of amides is 2. The first-order valence-corrected chi connectivity index (χ1v) is 12.3. The Kier molecular flexibility index (Phi) is 7.50. The van der Waals surface area contributed by atoms with E-state index >= 15 is 0 Å². The first kappa shape index (κ1) is 23.1. The Bertz CT molecular complexity index is 1080. The molecule has 0 aliphatic heterocycles. The molecule has 6 nitrogen and oxygen atoms in total. The largest absolute Gasteiger partial charge is 0.351 e. The maximum atomic E-state index is 13.7. The number of rotatable bonds is 7. The lowest BCUT2D eigenvalue weighted by molar-refractivity contribution is -0.127. The monoisotopic (exact) mass is 462 g/mol. The van der Waals surface area contributed by atoms with Crippen molar-refractivity contribution >= 4 is 23.5 Å². The van der Waals surface area contributed by atoms with Crippen LogP contribution in [0.4, 0.5) is 0 Å². The van der Waals surface area contributed by atoms with Crippen LogP contribution in [-0.2, 0) is 11.3 Å². The van der Waals surface area contributed by atoms with E-state index in [4.69, 9.17) is 0 Å². The zero-order valence-corrected chi connectivity index (χ0v) is 20.0. The first-order chi connectivity index (χ1) is 16.0. The molecule has 0 radical (unpaired) electrons. The van der Waals surface area contributed by atoms with Crippen LogP contribution < -0.4 is 5.32 Å². The van der Waals surface area contributed by atoms with E-state index in [-0.39, 0.29) is 23.6 Å². The smallest absolute Gasteiger partial charge is 0.276 e. The Labute approximate surface area is 199 Å². The third-order valence-electron chi connectivity index (χ3n) is 6.53. The summed E-state index contributed by atoms with van der Waals surface area (Å²) in [7, 11) is 0. The van der Waals surface area contributed by atoms with Gasteiger partial charge in [-0.05, 0) is 48.9 Å². The fraction of sp³-hybridized carbons (Fsp3) is 0.385. The zero-order chi connectivity index (χ0) is 23.2. The van der Waals surface area contributed by atoms with Crippen LogP contribution in [0.2, 0.25) is 0 Å². The molecule has 1 aromatic heterocycles. The van der Waals surface area contributed by atoms with Gasteiger partial charge in [-0.3, -0.25) is 9.59 Å². The van der Waals surface area contributed by atoms with E-state index in [9.17, 15) is 9.59 Å². The molecule has 4 rings (SSSR count). The van der Waals surface area contributed by atoms with Gasteiger partial charge in [0, 0.05) is 12.6 Å². The highest BCUT2D eigenvalue weighted by Crippen LogP contribution is 2.28. The van der Waals surface area contributed by atoms with Crippen molar-refractivity contribution in [2.24, 2.45) is 0 Å². The number of benzene rings is 2. The molecule has 1 aliphatic carbocycles. The van der Waals surface area contributed by atoms with E-state index in [1.807, 2.05) is 42.5 Å². The van der Waals surface area contributed by atoms with Gasteiger partial charge in [-0.2, -0.15) is 8.75 Å². The fourth-order valence-corrected chi connectivity index (χ4v) is 4.90. The van der Waals surface area contributed by atoms with Crippen molar-refractivity contribution in [3.05, 3.63) is 82.7 Å². The summed E-state index contributed by atoms with van der Waals surface area (Å²) in [5.41, 5.74) is 4.33. The summed E-state index contributed by atoms with van der Waals surface area (Å²) in [6.45, 7) is 4.42.